The van der Waals surface area contributed by atoms with E-state index in [1.165, 1.54) is 0 Å². The molecule has 11 aromatic rings. The lowest BCUT2D eigenvalue weighted by Crippen LogP contribution is -2.02. The largest absolute Gasteiger partial charge is 0.456 e. The van der Waals surface area contributed by atoms with Crippen molar-refractivity contribution in [2.45, 2.75) is 0 Å². The van der Waals surface area contributed by atoms with Crippen LogP contribution in [0.25, 0.3) is 110 Å². The normalized spacial score (nSPS) is 11.6. The molecule has 4 aromatic heterocycles. The summed E-state index contributed by atoms with van der Waals surface area (Å²) in [6, 6.07) is 52.2. The average Bonchev–Trinajstić information content (AvgIpc) is 3.91. The van der Waals surface area contributed by atoms with E-state index in [0.29, 0.717) is 39.7 Å². The Labute approximate surface area is 313 Å². The maximum Gasteiger partial charge on any atom is 0.211 e. The minimum atomic E-state index is 0.326. The van der Waals surface area contributed by atoms with E-state index in [4.69, 9.17) is 25.4 Å². The third-order valence-electron chi connectivity index (χ3n) is 10.5. The highest BCUT2D eigenvalue weighted by atomic mass is 16.3. The molecule has 7 aromatic carbocycles. The van der Waals surface area contributed by atoms with E-state index >= 15 is 0 Å². The Kier molecular flexibility index (Phi) is 6.54. The Balaban J connectivity index is 1.16. The Morgan fingerprint density at radius 3 is 2.02 bits per heavy atom. The number of para-hydroxylation sites is 3. The predicted molar refractivity (Wildman–Crippen MR) is 218 cm³/mol. The summed E-state index contributed by atoms with van der Waals surface area (Å²) >= 11 is 0. The van der Waals surface area contributed by atoms with Crippen molar-refractivity contribution < 1.29 is 8.83 Å². The zero-order valence-corrected chi connectivity index (χ0v) is 29.0. The molecule has 0 saturated heterocycles. The van der Waals surface area contributed by atoms with Crippen LogP contribution in [0.5, 0.6) is 0 Å². The fourth-order valence-corrected chi connectivity index (χ4v) is 8.06. The third kappa shape index (κ3) is 4.54. The predicted octanol–water partition coefficient (Wildman–Crippen LogP) is 12.8. The highest BCUT2D eigenvalue weighted by molar-refractivity contribution is 6.17. The molecule has 0 aliphatic carbocycles. The zero-order valence-electron chi connectivity index (χ0n) is 29.0. The summed E-state index contributed by atoms with van der Waals surface area (Å²) in [6.07, 6.45) is 0. The Morgan fingerprint density at radius 1 is 0.545 bits per heavy atom. The van der Waals surface area contributed by atoms with Crippen molar-refractivity contribution in [3.05, 3.63) is 169 Å². The molecular weight excluding hydrogens is 679 g/mol. The van der Waals surface area contributed by atoms with Gasteiger partial charge >= 0.3 is 0 Å². The first-order chi connectivity index (χ1) is 27.2. The molecule has 0 unspecified atom stereocenters. The van der Waals surface area contributed by atoms with E-state index in [9.17, 15) is 5.26 Å². The molecule has 0 bridgehead atoms. The number of benzene rings is 7. The first-order valence-electron chi connectivity index (χ1n) is 17.8. The van der Waals surface area contributed by atoms with Gasteiger partial charge in [0.1, 0.15) is 34.0 Å². The summed E-state index contributed by atoms with van der Waals surface area (Å²) < 4.78 is 14.7. The van der Waals surface area contributed by atoms with Gasteiger partial charge in [-0.1, -0.05) is 103 Å². The first kappa shape index (κ1) is 30.6. The van der Waals surface area contributed by atoms with Crippen LogP contribution in [-0.4, -0.2) is 14.5 Å². The Hall–Kier alpha value is -8.00. The van der Waals surface area contributed by atoms with Gasteiger partial charge in [-0.15, -0.1) is 0 Å². The van der Waals surface area contributed by atoms with Crippen LogP contribution in [0.1, 0.15) is 5.56 Å². The first-order valence-corrected chi connectivity index (χ1v) is 17.8. The molecule has 0 radical (unpaired) electrons. The van der Waals surface area contributed by atoms with Crippen molar-refractivity contribution in [1.82, 2.24) is 14.5 Å². The van der Waals surface area contributed by atoms with Gasteiger partial charge in [-0.25, -0.2) is 14.8 Å². The van der Waals surface area contributed by atoms with Crippen LogP contribution in [0.4, 0.5) is 5.69 Å². The topological polar surface area (TPSA) is 85.1 Å². The van der Waals surface area contributed by atoms with Gasteiger partial charge in [0.15, 0.2) is 5.82 Å². The number of furan rings is 2. The standard InChI is InChI=1S/C48H25N5O2/c1-50-37-24-29(22-23-39(37)53-38-18-8-5-14-30(38)34-25-35-31-15-6-9-19-41(31)55-44(35)26-40(34)53)47-36(27-49)46(28-12-3-2-4-13-28)51-48(52-47)33-17-11-21-43-45(33)32-16-7-10-20-42(32)54-43/h2-26H. The van der Waals surface area contributed by atoms with Crippen molar-refractivity contribution in [3.8, 4) is 45.7 Å². The summed E-state index contributed by atoms with van der Waals surface area (Å²) in [4.78, 5) is 14.3. The fraction of sp³-hybridized carbons (Fsp3) is 0. The lowest BCUT2D eigenvalue weighted by Gasteiger charge is -2.15. The molecule has 0 N–H and O–H groups in total. The van der Waals surface area contributed by atoms with Gasteiger partial charge in [-0.2, -0.15) is 5.26 Å². The molecule has 7 heteroatoms. The smallest absolute Gasteiger partial charge is 0.211 e. The molecular formula is C48H25N5O2. The van der Waals surface area contributed by atoms with Crippen molar-refractivity contribution >= 4 is 71.4 Å². The second kappa shape index (κ2) is 11.8. The van der Waals surface area contributed by atoms with Crippen LogP contribution in [0.3, 0.4) is 0 Å². The Bertz CT molecular complexity index is 3470. The second-order valence-electron chi connectivity index (χ2n) is 13.5. The van der Waals surface area contributed by atoms with Gasteiger partial charge in [-0.05, 0) is 48.0 Å². The number of rotatable bonds is 4. The number of hydrogen-bond donors (Lipinski definition) is 0. The molecule has 11 rings (SSSR count). The van der Waals surface area contributed by atoms with Gasteiger partial charge in [0.05, 0.1) is 34.7 Å². The lowest BCUT2D eigenvalue weighted by atomic mass is 9.98. The number of aromatic nitrogens is 3. The van der Waals surface area contributed by atoms with Gasteiger partial charge in [0.25, 0.3) is 0 Å². The van der Waals surface area contributed by atoms with Gasteiger partial charge in [-0.3, -0.25) is 0 Å². The third-order valence-corrected chi connectivity index (χ3v) is 10.5. The van der Waals surface area contributed by atoms with E-state index in [0.717, 1.165) is 76.8 Å². The highest BCUT2D eigenvalue weighted by Crippen LogP contribution is 2.43. The molecule has 0 aliphatic heterocycles. The molecule has 0 amide bonds. The quantitative estimate of drug-likeness (QED) is 0.170. The number of fused-ring (bicyclic) bond motifs is 9. The van der Waals surface area contributed by atoms with E-state index in [1.807, 2.05) is 121 Å². The molecule has 7 nitrogen and oxygen atoms in total. The fourth-order valence-electron chi connectivity index (χ4n) is 8.06. The molecule has 0 fully saturated rings. The lowest BCUT2D eigenvalue weighted by molar-refractivity contribution is 0.668. The highest BCUT2D eigenvalue weighted by Gasteiger charge is 2.23. The SMILES string of the molecule is [C-]#[N+]c1cc(-c2nc(-c3cccc4oc5ccccc5c34)nc(-c3ccccc3)c2C#N)ccc1-n1c2ccccc2c2cc3c(cc21)oc1ccccc13. The minimum absolute atomic E-state index is 0.326. The Morgan fingerprint density at radius 2 is 1.22 bits per heavy atom. The van der Waals surface area contributed by atoms with Crippen LogP contribution < -0.4 is 0 Å². The van der Waals surface area contributed by atoms with E-state index in [1.54, 1.807) is 0 Å². The van der Waals surface area contributed by atoms with Gasteiger partial charge < -0.3 is 13.4 Å². The van der Waals surface area contributed by atoms with E-state index in [-0.39, 0.29) is 0 Å². The van der Waals surface area contributed by atoms with Crippen LogP contribution in [0.2, 0.25) is 0 Å². The maximum absolute atomic E-state index is 10.8. The van der Waals surface area contributed by atoms with Crippen LogP contribution in [-0.2, 0) is 0 Å². The molecule has 0 atom stereocenters. The van der Waals surface area contributed by atoms with Crippen molar-refractivity contribution in [1.29, 1.82) is 5.26 Å². The van der Waals surface area contributed by atoms with Gasteiger partial charge in [0.2, 0.25) is 5.69 Å². The number of nitrogens with zero attached hydrogens (tertiary/aromatic N) is 5. The summed E-state index contributed by atoms with van der Waals surface area (Å²) in [7, 11) is 0. The van der Waals surface area contributed by atoms with Crippen molar-refractivity contribution in [3.63, 3.8) is 0 Å². The molecule has 0 spiro atoms. The van der Waals surface area contributed by atoms with Crippen LogP contribution >= 0.6 is 0 Å². The van der Waals surface area contributed by atoms with Crippen LogP contribution in [0, 0.1) is 17.9 Å². The monoisotopic (exact) mass is 703 g/mol. The summed E-state index contributed by atoms with van der Waals surface area (Å²) in [5.41, 5.74) is 9.62. The molecule has 0 saturated carbocycles. The molecule has 0 aliphatic rings. The minimum Gasteiger partial charge on any atom is -0.456 e. The second-order valence-corrected chi connectivity index (χ2v) is 13.5. The maximum atomic E-state index is 10.8. The van der Waals surface area contributed by atoms with E-state index in [2.05, 4.69) is 45.8 Å². The number of hydrogen-bond acceptors (Lipinski definition) is 5. The number of nitriles is 1. The van der Waals surface area contributed by atoms with Crippen molar-refractivity contribution in [2.24, 2.45) is 0 Å². The van der Waals surface area contributed by atoms with Gasteiger partial charge in [0, 0.05) is 49.5 Å². The summed E-state index contributed by atoms with van der Waals surface area (Å²) in [5, 5.41) is 16.9. The van der Waals surface area contributed by atoms with Crippen molar-refractivity contribution in [2.75, 3.05) is 0 Å². The summed E-state index contributed by atoms with van der Waals surface area (Å²) in [5.74, 6) is 0.454. The molecule has 4 heterocycles. The van der Waals surface area contributed by atoms with Crippen LogP contribution in [0.15, 0.2) is 160 Å². The molecule has 55 heavy (non-hydrogen) atoms. The van der Waals surface area contributed by atoms with E-state index < -0.39 is 0 Å². The molecule has 254 valence electrons. The average molecular weight is 704 g/mol. The summed E-state index contributed by atoms with van der Waals surface area (Å²) in [6.45, 7) is 8.45. The zero-order chi connectivity index (χ0) is 36.6.